The Labute approximate surface area is 126 Å². The van der Waals surface area contributed by atoms with Crippen LogP contribution in [-0.4, -0.2) is 32.3 Å². The summed E-state index contributed by atoms with van der Waals surface area (Å²) in [5.41, 5.74) is 6.73. The lowest BCUT2D eigenvalue weighted by atomic mass is 10.0. The lowest BCUT2D eigenvalue weighted by Crippen LogP contribution is -2.34. The molecule has 0 saturated carbocycles. The van der Waals surface area contributed by atoms with Gasteiger partial charge < -0.3 is 19.9 Å². The Morgan fingerprint density at radius 1 is 1.33 bits per heavy atom. The standard InChI is InChI=1S/C16H25NO4/c1-4-6-10-21-15-12(8-7-9-14(15)19-3)11-13(17)16(18)20-5-2/h7-9,13H,4-6,10-11,17H2,1-3H3. The van der Waals surface area contributed by atoms with Crippen molar-refractivity contribution in [1.29, 1.82) is 0 Å². The second-order valence-electron chi connectivity index (χ2n) is 4.71. The highest BCUT2D eigenvalue weighted by atomic mass is 16.5. The molecule has 0 fully saturated rings. The minimum atomic E-state index is -0.703. The third kappa shape index (κ3) is 5.27. The number of hydrogen-bond acceptors (Lipinski definition) is 5. The molecule has 2 N–H and O–H groups in total. The first-order chi connectivity index (χ1) is 10.1. The first kappa shape index (κ1) is 17.3. The zero-order valence-electron chi connectivity index (χ0n) is 13.1. The van der Waals surface area contributed by atoms with E-state index in [2.05, 4.69) is 6.92 Å². The molecule has 1 atom stereocenters. The fourth-order valence-electron chi connectivity index (χ4n) is 1.93. The molecule has 1 unspecified atom stereocenters. The van der Waals surface area contributed by atoms with Crippen LogP contribution >= 0.6 is 0 Å². The molecular formula is C16H25NO4. The summed E-state index contributed by atoms with van der Waals surface area (Å²) in [7, 11) is 1.59. The van der Waals surface area contributed by atoms with Crippen LogP contribution in [0.2, 0.25) is 0 Å². The van der Waals surface area contributed by atoms with Gasteiger partial charge in [-0.3, -0.25) is 4.79 Å². The molecule has 0 bridgehead atoms. The molecular weight excluding hydrogens is 270 g/mol. The smallest absolute Gasteiger partial charge is 0.323 e. The van der Waals surface area contributed by atoms with Gasteiger partial charge in [-0.05, 0) is 19.4 Å². The van der Waals surface area contributed by atoms with Crippen LogP contribution in [0.1, 0.15) is 32.3 Å². The summed E-state index contributed by atoms with van der Waals surface area (Å²) in [4.78, 5) is 11.7. The number of methoxy groups -OCH3 is 1. The quantitative estimate of drug-likeness (QED) is 0.559. The van der Waals surface area contributed by atoms with Crippen molar-refractivity contribution in [3.63, 3.8) is 0 Å². The zero-order chi connectivity index (χ0) is 15.7. The summed E-state index contributed by atoms with van der Waals surface area (Å²) in [6.07, 6.45) is 2.37. The van der Waals surface area contributed by atoms with Gasteiger partial charge in [0.2, 0.25) is 0 Å². The molecule has 0 radical (unpaired) electrons. The maximum atomic E-state index is 11.7. The second kappa shape index (κ2) is 9.23. The molecule has 118 valence electrons. The Kier molecular flexibility index (Phi) is 7.61. The average Bonchev–Trinajstić information content (AvgIpc) is 2.48. The molecule has 0 amide bonds. The molecule has 1 aromatic carbocycles. The van der Waals surface area contributed by atoms with Crippen LogP contribution < -0.4 is 15.2 Å². The van der Waals surface area contributed by atoms with Crippen LogP contribution in [0.5, 0.6) is 11.5 Å². The number of carbonyl (C=O) groups is 1. The van der Waals surface area contributed by atoms with Crippen LogP contribution in [-0.2, 0) is 16.0 Å². The maximum Gasteiger partial charge on any atom is 0.323 e. The van der Waals surface area contributed by atoms with Crippen molar-refractivity contribution in [1.82, 2.24) is 0 Å². The Balaban J connectivity index is 2.86. The van der Waals surface area contributed by atoms with E-state index in [1.807, 2.05) is 18.2 Å². The summed E-state index contributed by atoms with van der Waals surface area (Å²) in [6.45, 7) is 4.79. The summed E-state index contributed by atoms with van der Waals surface area (Å²) in [6, 6.07) is 4.88. The number of rotatable bonds is 9. The normalized spacial score (nSPS) is 11.8. The Morgan fingerprint density at radius 3 is 2.71 bits per heavy atom. The van der Waals surface area contributed by atoms with Gasteiger partial charge in [-0.25, -0.2) is 0 Å². The molecule has 0 aromatic heterocycles. The highest BCUT2D eigenvalue weighted by molar-refractivity contribution is 5.76. The van der Waals surface area contributed by atoms with Crippen LogP contribution in [0, 0.1) is 0 Å². The van der Waals surface area contributed by atoms with Gasteiger partial charge in [-0.2, -0.15) is 0 Å². The predicted octanol–water partition coefficient (Wildman–Crippen LogP) is 2.31. The largest absolute Gasteiger partial charge is 0.493 e. The lowest BCUT2D eigenvalue weighted by molar-refractivity contribution is -0.144. The lowest BCUT2D eigenvalue weighted by Gasteiger charge is -2.17. The molecule has 21 heavy (non-hydrogen) atoms. The third-order valence-electron chi connectivity index (χ3n) is 3.05. The van der Waals surface area contributed by atoms with Gasteiger partial charge in [0.25, 0.3) is 0 Å². The summed E-state index contributed by atoms with van der Waals surface area (Å²) in [5.74, 6) is 0.910. The second-order valence-corrected chi connectivity index (χ2v) is 4.71. The first-order valence-electron chi connectivity index (χ1n) is 7.34. The van der Waals surface area contributed by atoms with Crippen molar-refractivity contribution in [2.24, 2.45) is 5.73 Å². The molecule has 5 nitrogen and oxygen atoms in total. The maximum absolute atomic E-state index is 11.7. The monoisotopic (exact) mass is 295 g/mol. The molecule has 5 heteroatoms. The molecule has 0 aliphatic rings. The van der Waals surface area contributed by atoms with E-state index in [1.165, 1.54) is 0 Å². The average molecular weight is 295 g/mol. The SMILES string of the molecule is CCCCOc1c(CC(N)C(=O)OCC)cccc1OC. The van der Waals surface area contributed by atoms with Gasteiger partial charge in [0.15, 0.2) is 11.5 Å². The minimum absolute atomic E-state index is 0.324. The molecule has 1 aromatic rings. The van der Waals surface area contributed by atoms with Gasteiger partial charge in [0.1, 0.15) is 6.04 Å². The minimum Gasteiger partial charge on any atom is -0.493 e. The van der Waals surface area contributed by atoms with Crippen LogP contribution in [0.3, 0.4) is 0 Å². The molecule has 0 heterocycles. The molecule has 0 aliphatic carbocycles. The van der Waals surface area contributed by atoms with Crippen LogP contribution in [0.4, 0.5) is 0 Å². The van der Waals surface area contributed by atoms with E-state index < -0.39 is 12.0 Å². The number of hydrogen-bond donors (Lipinski definition) is 1. The fourth-order valence-corrected chi connectivity index (χ4v) is 1.93. The van der Waals surface area contributed by atoms with Gasteiger partial charge >= 0.3 is 5.97 Å². The van der Waals surface area contributed by atoms with Crippen molar-refractivity contribution in [2.45, 2.75) is 39.2 Å². The van der Waals surface area contributed by atoms with Crippen molar-refractivity contribution in [3.8, 4) is 11.5 Å². The van der Waals surface area contributed by atoms with Crippen LogP contribution in [0.25, 0.3) is 0 Å². The van der Waals surface area contributed by atoms with E-state index in [4.69, 9.17) is 19.9 Å². The van der Waals surface area contributed by atoms with Crippen molar-refractivity contribution in [3.05, 3.63) is 23.8 Å². The van der Waals surface area contributed by atoms with E-state index in [9.17, 15) is 4.79 Å². The highest BCUT2D eigenvalue weighted by Gasteiger charge is 2.19. The van der Waals surface area contributed by atoms with E-state index in [0.29, 0.717) is 31.1 Å². The Hall–Kier alpha value is -1.75. The van der Waals surface area contributed by atoms with Crippen molar-refractivity contribution >= 4 is 5.97 Å². The number of unbranched alkanes of at least 4 members (excludes halogenated alkanes) is 1. The number of carbonyl (C=O) groups excluding carboxylic acids is 1. The Bertz CT molecular complexity index is 448. The zero-order valence-corrected chi connectivity index (χ0v) is 13.1. The highest BCUT2D eigenvalue weighted by Crippen LogP contribution is 2.32. The fraction of sp³-hybridized carbons (Fsp3) is 0.562. The molecule has 0 saturated heterocycles. The summed E-state index contributed by atoms with van der Waals surface area (Å²) >= 11 is 0. The molecule has 0 aliphatic heterocycles. The van der Waals surface area contributed by atoms with Gasteiger partial charge in [-0.1, -0.05) is 25.5 Å². The van der Waals surface area contributed by atoms with Gasteiger partial charge in [0.05, 0.1) is 20.3 Å². The Morgan fingerprint density at radius 2 is 2.10 bits per heavy atom. The topological polar surface area (TPSA) is 70.8 Å². The number of para-hydroxylation sites is 1. The summed E-state index contributed by atoms with van der Waals surface area (Å²) in [5, 5.41) is 0. The van der Waals surface area contributed by atoms with Gasteiger partial charge in [-0.15, -0.1) is 0 Å². The molecule has 0 spiro atoms. The summed E-state index contributed by atoms with van der Waals surface area (Å²) < 4.78 is 16.1. The first-order valence-corrected chi connectivity index (χ1v) is 7.34. The number of benzene rings is 1. The van der Waals surface area contributed by atoms with E-state index in [1.54, 1.807) is 14.0 Å². The van der Waals surface area contributed by atoms with E-state index in [-0.39, 0.29) is 0 Å². The number of esters is 1. The van der Waals surface area contributed by atoms with E-state index in [0.717, 1.165) is 18.4 Å². The van der Waals surface area contributed by atoms with Crippen LogP contribution in [0.15, 0.2) is 18.2 Å². The van der Waals surface area contributed by atoms with Crippen molar-refractivity contribution < 1.29 is 19.0 Å². The number of ether oxygens (including phenoxy) is 3. The third-order valence-corrected chi connectivity index (χ3v) is 3.05. The predicted molar refractivity (Wildman–Crippen MR) is 81.7 cm³/mol. The number of nitrogens with two attached hydrogens (primary N) is 1. The van der Waals surface area contributed by atoms with E-state index >= 15 is 0 Å². The van der Waals surface area contributed by atoms with Crippen molar-refractivity contribution in [2.75, 3.05) is 20.3 Å². The molecule has 1 rings (SSSR count). The van der Waals surface area contributed by atoms with Gasteiger partial charge in [0, 0.05) is 12.0 Å².